The SMILES string of the molecule is CC(C)(C)OC(=O)N1CCCC[C@H]1[C@@H](O)CN=[N+]=[N-]. The number of aliphatic hydroxyl groups is 1. The zero-order valence-electron chi connectivity index (χ0n) is 11.7. The zero-order chi connectivity index (χ0) is 14.5. The van der Waals surface area contributed by atoms with E-state index in [-0.39, 0.29) is 12.6 Å². The van der Waals surface area contributed by atoms with Crippen LogP contribution in [-0.2, 0) is 4.74 Å². The minimum Gasteiger partial charge on any atom is -0.444 e. The van der Waals surface area contributed by atoms with Gasteiger partial charge in [-0.1, -0.05) is 5.11 Å². The number of amides is 1. The first kappa shape index (κ1) is 15.6. The molecule has 7 heteroatoms. The highest BCUT2D eigenvalue weighted by Gasteiger charge is 2.34. The second-order valence-electron chi connectivity index (χ2n) is 5.72. The lowest BCUT2D eigenvalue weighted by Gasteiger charge is -2.38. The first-order valence-corrected chi connectivity index (χ1v) is 6.53. The summed E-state index contributed by atoms with van der Waals surface area (Å²) in [6, 6.07) is -0.339. The lowest BCUT2D eigenvalue weighted by Crippen LogP contribution is -2.52. The number of nitrogens with zero attached hydrogens (tertiary/aromatic N) is 4. The maximum absolute atomic E-state index is 12.1. The van der Waals surface area contributed by atoms with E-state index in [9.17, 15) is 9.90 Å². The molecular weight excluding hydrogens is 248 g/mol. The van der Waals surface area contributed by atoms with E-state index in [1.165, 1.54) is 0 Å². The number of ether oxygens (including phenoxy) is 1. The van der Waals surface area contributed by atoms with Crippen LogP contribution in [-0.4, -0.2) is 46.9 Å². The van der Waals surface area contributed by atoms with Gasteiger partial charge in [0.25, 0.3) is 0 Å². The van der Waals surface area contributed by atoms with E-state index in [0.717, 1.165) is 12.8 Å². The highest BCUT2D eigenvalue weighted by Crippen LogP contribution is 2.22. The highest BCUT2D eigenvalue weighted by atomic mass is 16.6. The molecule has 1 amide bonds. The number of aliphatic hydroxyl groups excluding tert-OH is 1. The average molecular weight is 270 g/mol. The summed E-state index contributed by atoms with van der Waals surface area (Å²) in [5, 5.41) is 13.4. The summed E-state index contributed by atoms with van der Waals surface area (Å²) < 4.78 is 5.33. The number of hydrogen-bond acceptors (Lipinski definition) is 4. The molecule has 1 heterocycles. The fourth-order valence-electron chi connectivity index (χ4n) is 2.15. The van der Waals surface area contributed by atoms with Crippen LogP contribution in [0.2, 0.25) is 0 Å². The van der Waals surface area contributed by atoms with Crippen LogP contribution in [0, 0.1) is 0 Å². The molecule has 0 radical (unpaired) electrons. The third kappa shape index (κ3) is 4.96. The van der Waals surface area contributed by atoms with Crippen molar-refractivity contribution < 1.29 is 14.6 Å². The van der Waals surface area contributed by atoms with Crippen LogP contribution >= 0.6 is 0 Å². The van der Waals surface area contributed by atoms with Gasteiger partial charge in [0.15, 0.2) is 0 Å². The summed E-state index contributed by atoms with van der Waals surface area (Å²) in [6.45, 7) is 5.95. The number of likely N-dealkylation sites (tertiary alicyclic amines) is 1. The Hall–Kier alpha value is -1.46. The molecule has 19 heavy (non-hydrogen) atoms. The summed E-state index contributed by atoms with van der Waals surface area (Å²) in [4.78, 5) is 16.3. The Labute approximate surface area is 113 Å². The van der Waals surface area contributed by atoms with Gasteiger partial charge in [-0.25, -0.2) is 4.79 Å². The number of azide groups is 1. The van der Waals surface area contributed by atoms with E-state index in [1.54, 1.807) is 25.7 Å². The Balaban J connectivity index is 2.71. The maximum Gasteiger partial charge on any atom is 0.410 e. The van der Waals surface area contributed by atoms with Crippen molar-refractivity contribution in [2.75, 3.05) is 13.1 Å². The van der Waals surface area contributed by atoms with Crippen LogP contribution in [0.25, 0.3) is 10.4 Å². The lowest BCUT2D eigenvalue weighted by atomic mass is 9.98. The van der Waals surface area contributed by atoms with Crippen molar-refractivity contribution in [1.82, 2.24) is 4.90 Å². The Kier molecular flexibility index (Phi) is 5.44. The molecule has 1 fully saturated rings. The van der Waals surface area contributed by atoms with Gasteiger partial charge in [0.1, 0.15) is 5.60 Å². The van der Waals surface area contributed by atoms with E-state index in [4.69, 9.17) is 10.3 Å². The average Bonchev–Trinajstić information content (AvgIpc) is 2.34. The second-order valence-corrected chi connectivity index (χ2v) is 5.72. The van der Waals surface area contributed by atoms with Gasteiger partial charge in [0, 0.05) is 11.5 Å². The molecular formula is C12H22N4O3. The molecule has 0 unspecified atom stereocenters. The van der Waals surface area contributed by atoms with Gasteiger partial charge in [-0.05, 0) is 45.6 Å². The summed E-state index contributed by atoms with van der Waals surface area (Å²) in [6.07, 6.45) is 1.27. The number of carbonyl (C=O) groups excluding carboxylic acids is 1. The quantitative estimate of drug-likeness (QED) is 0.484. The van der Waals surface area contributed by atoms with Crippen molar-refractivity contribution in [2.45, 2.75) is 57.8 Å². The van der Waals surface area contributed by atoms with E-state index in [0.29, 0.717) is 13.0 Å². The van der Waals surface area contributed by atoms with Crippen molar-refractivity contribution in [1.29, 1.82) is 0 Å². The van der Waals surface area contributed by atoms with E-state index >= 15 is 0 Å². The normalized spacial score (nSPS) is 21.5. The summed E-state index contributed by atoms with van der Waals surface area (Å²) in [5.74, 6) is 0. The molecule has 1 aliphatic heterocycles. The molecule has 0 aromatic heterocycles. The minimum absolute atomic E-state index is 0.0273. The zero-order valence-corrected chi connectivity index (χ0v) is 11.7. The van der Waals surface area contributed by atoms with Crippen molar-refractivity contribution in [3.63, 3.8) is 0 Å². The third-order valence-corrected chi connectivity index (χ3v) is 2.95. The standard InChI is InChI=1S/C12H22N4O3/c1-12(2,3)19-11(18)16-7-5-4-6-9(16)10(17)8-14-15-13/h9-10,17H,4-8H2,1-3H3/t9-,10-/m0/s1. The molecule has 1 N–H and O–H groups in total. The molecule has 1 rings (SSSR count). The first-order valence-electron chi connectivity index (χ1n) is 6.53. The number of rotatable bonds is 3. The predicted molar refractivity (Wildman–Crippen MR) is 70.6 cm³/mol. The summed E-state index contributed by atoms with van der Waals surface area (Å²) >= 11 is 0. The molecule has 108 valence electrons. The molecule has 2 atom stereocenters. The van der Waals surface area contributed by atoms with Crippen LogP contribution in [0.5, 0.6) is 0 Å². The fraction of sp³-hybridized carbons (Fsp3) is 0.917. The minimum atomic E-state index is -0.844. The topological polar surface area (TPSA) is 98.5 Å². The fourth-order valence-corrected chi connectivity index (χ4v) is 2.15. The van der Waals surface area contributed by atoms with Gasteiger partial charge in [-0.2, -0.15) is 0 Å². The van der Waals surface area contributed by atoms with E-state index < -0.39 is 17.8 Å². The van der Waals surface area contributed by atoms with Crippen LogP contribution in [0.15, 0.2) is 5.11 Å². The highest BCUT2D eigenvalue weighted by molar-refractivity contribution is 5.68. The number of piperidine rings is 1. The van der Waals surface area contributed by atoms with E-state index in [2.05, 4.69) is 10.0 Å². The molecule has 0 aromatic carbocycles. The molecule has 0 bridgehead atoms. The van der Waals surface area contributed by atoms with E-state index in [1.807, 2.05) is 0 Å². The van der Waals surface area contributed by atoms with Crippen LogP contribution in [0.4, 0.5) is 4.79 Å². The summed E-state index contributed by atoms with van der Waals surface area (Å²) in [7, 11) is 0. The molecule has 0 aromatic rings. The molecule has 0 spiro atoms. The first-order chi connectivity index (χ1) is 8.85. The molecule has 0 saturated carbocycles. The van der Waals surface area contributed by atoms with Gasteiger partial charge < -0.3 is 14.7 Å². The van der Waals surface area contributed by atoms with Crippen molar-refractivity contribution in [3.8, 4) is 0 Å². The van der Waals surface area contributed by atoms with Gasteiger partial charge in [-0.3, -0.25) is 0 Å². The largest absolute Gasteiger partial charge is 0.444 e. The van der Waals surface area contributed by atoms with Gasteiger partial charge >= 0.3 is 6.09 Å². The number of hydrogen-bond donors (Lipinski definition) is 1. The lowest BCUT2D eigenvalue weighted by molar-refractivity contribution is -0.0142. The summed E-state index contributed by atoms with van der Waals surface area (Å²) in [5.41, 5.74) is 7.72. The molecule has 0 aliphatic carbocycles. The van der Waals surface area contributed by atoms with Crippen molar-refractivity contribution >= 4 is 6.09 Å². The van der Waals surface area contributed by atoms with Gasteiger partial charge in [0.05, 0.1) is 18.7 Å². The Morgan fingerprint density at radius 2 is 2.26 bits per heavy atom. The molecule has 7 nitrogen and oxygen atoms in total. The second kappa shape index (κ2) is 6.63. The maximum atomic E-state index is 12.1. The Morgan fingerprint density at radius 1 is 1.58 bits per heavy atom. The number of carbonyl (C=O) groups is 1. The van der Waals surface area contributed by atoms with Crippen LogP contribution < -0.4 is 0 Å². The smallest absolute Gasteiger partial charge is 0.410 e. The Bertz CT molecular complexity index is 360. The van der Waals surface area contributed by atoms with Gasteiger partial charge in [0.2, 0.25) is 0 Å². The third-order valence-electron chi connectivity index (χ3n) is 2.95. The van der Waals surface area contributed by atoms with Crippen LogP contribution in [0.3, 0.4) is 0 Å². The van der Waals surface area contributed by atoms with Crippen molar-refractivity contribution in [2.24, 2.45) is 5.11 Å². The van der Waals surface area contributed by atoms with Crippen LogP contribution in [0.1, 0.15) is 40.0 Å². The molecule has 1 saturated heterocycles. The predicted octanol–water partition coefficient (Wildman–Crippen LogP) is 2.45. The van der Waals surface area contributed by atoms with Crippen molar-refractivity contribution in [3.05, 3.63) is 10.4 Å². The Morgan fingerprint density at radius 3 is 2.84 bits per heavy atom. The van der Waals surface area contributed by atoms with Gasteiger partial charge in [-0.15, -0.1) is 0 Å². The molecule has 1 aliphatic rings. The monoisotopic (exact) mass is 270 g/mol.